The Hall–Kier alpha value is -1.52. The van der Waals surface area contributed by atoms with Crippen molar-refractivity contribution in [2.75, 3.05) is 14.2 Å². The molecule has 0 radical (unpaired) electrons. The summed E-state index contributed by atoms with van der Waals surface area (Å²) in [4.78, 5) is 1.40. The molecule has 2 aromatic rings. The van der Waals surface area contributed by atoms with Gasteiger partial charge in [0.1, 0.15) is 11.5 Å². The molecule has 2 atom stereocenters. The number of nitrogens with one attached hydrogen (secondary N) is 1. The van der Waals surface area contributed by atoms with E-state index in [4.69, 9.17) is 9.47 Å². The van der Waals surface area contributed by atoms with Gasteiger partial charge < -0.3 is 14.8 Å². The van der Waals surface area contributed by atoms with Crippen molar-refractivity contribution in [2.24, 2.45) is 0 Å². The molecule has 1 aromatic heterocycles. The van der Waals surface area contributed by atoms with E-state index in [9.17, 15) is 0 Å². The molecule has 1 heterocycles. The van der Waals surface area contributed by atoms with Crippen molar-refractivity contribution in [3.8, 4) is 11.5 Å². The highest BCUT2D eigenvalue weighted by Gasteiger charge is 2.15. The average molecular weight is 305 g/mol. The topological polar surface area (TPSA) is 30.5 Å². The standard InChI is InChI=1S/C17H23NO2S/c1-12(10-15-6-5-9-21-15)18-13(2)16-11-14(19-3)7-8-17(16)20-4/h5-9,11-13,18H,10H2,1-4H3. The van der Waals surface area contributed by atoms with Crippen LogP contribution in [0.4, 0.5) is 0 Å². The average Bonchev–Trinajstić information content (AvgIpc) is 2.99. The Morgan fingerprint density at radius 2 is 1.95 bits per heavy atom. The fourth-order valence-electron chi connectivity index (χ4n) is 2.48. The maximum Gasteiger partial charge on any atom is 0.123 e. The highest BCUT2D eigenvalue weighted by atomic mass is 32.1. The molecule has 3 nitrogen and oxygen atoms in total. The van der Waals surface area contributed by atoms with Gasteiger partial charge in [0.2, 0.25) is 0 Å². The minimum atomic E-state index is 0.199. The van der Waals surface area contributed by atoms with E-state index in [2.05, 4.69) is 36.7 Å². The Morgan fingerprint density at radius 3 is 2.57 bits per heavy atom. The predicted molar refractivity (Wildman–Crippen MR) is 88.6 cm³/mol. The van der Waals surface area contributed by atoms with Crippen LogP contribution in [-0.2, 0) is 6.42 Å². The lowest BCUT2D eigenvalue weighted by Crippen LogP contribution is -2.30. The normalized spacial score (nSPS) is 13.7. The zero-order valence-corrected chi connectivity index (χ0v) is 13.9. The van der Waals surface area contributed by atoms with Crippen LogP contribution in [0, 0.1) is 0 Å². The summed E-state index contributed by atoms with van der Waals surface area (Å²) in [5, 5.41) is 5.75. The molecule has 0 fully saturated rings. The van der Waals surface area contributed by atoms with Gasteiger partial charge in [-0.1, -0.05) is 6.07 Å². The van der Waals surface area contributed by atoms with Crippen molar-refractivity contribution in [1.82, 2.24) is 5.32 Å². The summed E-state index contributed by atoms with van der Waals surface area (Å²) in [6.45, 7) is 4.37. The molecular weight excluding hydrogens is 282 g/mol. The molecule has 0 aliphatic heterocycles. The first-order chi connectivity index (χ1) is 10.1. The van der Waals surface area contributed by atoms with Crippen molar-refractivity contribution < 1.29 is 9.47 Å². The van der Waals surface area contributed by atoms with Gasteiger partial charge in [-0.15, -0.1) is 11.3 Å². The number of methoxy groups -OCH3 is 2. The van der Waals surface area contributed by atoms with Crippen LogP contribution in [0.25, 0.3) is 0 Å². The first kappa shape index (κ1) is 15.9. The van der Waals surface area contributed by atoms with E-state index in [1.165, 1.54) is 4.88 Å². The van der Waals surface area contributed by atoms with Crippen molar-refractivity contribution in [3.05, 3.63) is 46.2 Å². The second-order valence-electron chi connectivity index (χ2n) is 5.18. The Bertz CT molecular complexity index is 554. The summed E-state index contributed by atoms with van der Waals surface area (Å²) in [6.07, 6.45) is 1.04. The molecule has 0 aliphatic carbocycles. The van der Waals surface area contributed by atoms with Crippen LogP contribution >= 0.6 is 11.3 Å². The molecule has 0 bridgehead atoms. The molecule has 0 saturated carbocycles. The van der Waals surface area contributed by atoms with Gasteiger partial charge in [-0.2, -0.15) is 0 Å². The maximum atomic E-state index is 5.46. The minimum absolute atomic E-state index is 0.199. The van der Waals surface area contributed by atoms with E-state index in [0.717, 1.165) is 23.5 Å². The molecule has 0 saturated heterocycles. The van der Waals surface area contributed by atoms with E-state index in [0.29, 0.717) is 6.04 Å². The molecule has 21 heavy (non-hydrogen) atoms. The summed E-state index contributed by atoms with van der Waals surface area (Å²) < 4.78 is 10.8. The zero-order chi connectivity index (χ0) is 15.2. The van der Waals surface area contributed by atoms with Gasteiger partial charge in [-0.05, 0) is 49.9 Å². The maximum absolute atomic E-state index is 5.46. The minimum Gasteiger partial charge on any atom is -0.497 e. The summed E-state index contributed by atoms with van der Waals surface area (Å²) in [6, 6.07) is 10.8. The highest BCUT2D eigenvalue weighted by Crippen LogP contribution is 2.29. The van der Waals surface area contributed by atoms with Gasteiger partial charge in [-0.3, -0.25) is 0 Å². The fourth-order valence-corrected chi connectivity index (χ4v) is 3.32. The number of hydrogen-bond donors (Lipinski definition) is 1. The Balaban J connectivity index is 2.06. The largest absolute Gasteiger partial charge is 0.497 e. The molecular formula is C17H23NO2S. The lowest BCUT2D eigenvalue weighted by molar-refractivity contribution is 0.386. The Kier molecular flexibility index (Phi) is 5.65. The van der Waals surface area contributed by atoms with E-state index in [-0.39, 0.29) is 6.04 Å². The molecule has 0 amide bonds. The van der Waals surface area contributed by atoms with Crippen molar-refractivity contribution >= 4 is 11.3 Å². The van der Waals surface area contributed by atoms with Crippen molar-refractivity contribution in [3.63, 3.8) is 0 Å². The number of benzene rings is 1. The molecule has 114 valence electrons. The van der Waals surface area contributed by atoms with Crippen molar-refractivity contribution in [1.29, 1.82) is 0 Å². The van der Waals surface area contributed by atoms with Gasteiger partial charge in [0, 0.05) is 22.5 Å². The van der Waals surface area contributed by atoms with Crippen LogP contribution in [-0.4, -0.2) is 20.3 Å². The number of hydrogen-bond acceptors (Lipinski definition) is 4. The molecule has 2 rings (SSSR count). The summed E-state index contributed by atoms with van der Waals surface area (Å²) in [7, 11) is 3.39. The summed E-state index contributed by atoms with van der Waals surface area (Å²) in [5.74, 6) is 1.74. The van der Waals surface area contributed by atoms with E-state index in [1.54, 1.807) is 25.6 Å². The lowest BCUT2D eigenvalue weighted by atomic mass is 10.0. The third-order valence-corrected chi connectivity index (χ3v) is 4.42. The van der Waals surface area contributed by atoms with Crippen LogP contribution in [0.5, 0.6) is 11.5 Å². The predicted octanol–water partition coefficient (Wildman–Crippen LogP) is 4.05. The van der Waals surface area contributed by atoms with E-state index < -0.39 is 0 Å². The Morgan fingerprint density at radius 1 is 1.14 bits per heavy atom. The van der Waals surface area contributed by atoms with Gasteiger partial charge >= 0.3 is 0 Å². The van der Waals surface area contributed by atoms with E-state index >= 15 is 0 Å². The van der Waals surface area contributed by atoms with Crippen LogP contribution in [0.2, 0.25) is 0 Å². The third kappa shape index (κ3) is 4.22. The van der Waals surface area contributed by atoms with Gasteiger partial charge in [0.25, 0.3) is 0 Å². The molecule has 1 N–H and O–H groups in total. The van der Waals surface area contributed by atoms with Crippen molar-refractivity contribution in [2.45, 2.75) is 32.4 Å². The molecule has 4 heteroatoms. The third-order valence-electron chi connectivity index (χ3n) is 3.53. The quantitative estimate of drug-likeness (QED) is 0.837. The first-order valence-corrected chi connectivity index (χ1v) is 8.02. The first-order valence-electron chi connectivity index (χ1n) is 7.14. The van der Waals surface area contributed by atoms with Gasteiger partial charge in [-0.25, -0.2) is 0 Å². The molecule has 2 unspecified atom stereocenters. The fraction of sp³-hybridized carbons (Fsp3) is 0.412. The lowest BCUT2D eigenvalue weighted by Gasteiger charge is -2.22. The van der Waals surface area contributed by atoms with Crippen LogP contribution in [0.15, 0.2) is 35.7 Å². The smallest absolute Gasteiger partial charge is 0.123 e. The van der Waals surface area contributed by atoms with Crippen LogP contribution in [0.3, 0.4) is 0 Å². The van der Waals surface area contributed by atoms with Crippen LogP contribution < -0.4 is 14.8 Å². The monoisotopic (exact) mass is 305 g/mol. The van der Waals surface area contributed by atoms with Crippen LogP contribution in [0.1, 0.15) is 30.3 Å². The second kappa shape index (κ2) is 7.48. The number of rotatable bonds is 7. The second-order valence-corrected chi connectivity index (χ2v) is 6.21. The highest BCUT2D eigenvalue weighted by molar-refractivity contribution is 7.09. The van der Waals surface area contributed by atoms with Gasteiger partial charge in [0.15, 0.2) is 0 Å². The molecule has 0 aliphatic rings. The number of thiophene rings is 1. The molecule has 0 spiro atoms. The SMILES string of the molecule is COc1ccc(OC)c(C(C)NC(C)Cc2cccs2)c1. The number of ether oxygens (including phenoxy) is 2. The zero-order valence-electron chi connectivity index (χ0n) is 13.1. The van der Waals surface area contributed by atoms with Gasteiger partial charge in [0.05, 0.1) is 14.2 Å². The summed E-state index contributed by atoms with van der Waals surface area (Å²) >= 11 is 1.80. The summed E-state index contributed by atoms with van der Waals surface area (Å²) in [5.41, 5.74) is 1.12. The molecule has 1 aromatic carbocycles. The Labute approximate surface area is 130 Å². The van der Waals surface area contributed by atoms with E-state index in [1.807, 2.05) is 18.2 Å².